The molecule has 18 heavy (non-hydrogen) atoms. The van der Waals surface area contributed by atoms with Crippen molar-refractivity contribution in [1.29, 1.82) is 0 Å². The molecule has 0 saturated heterocycles. The van der Waals surface area contributed by atoms with Gasteiger partial charge in [0.15, 0.2) is 0 Å². The number of aliphatic hydroxyl groups excluding tert-OH is 1. The summed E-state index contributed by atoms with van der Waals surface area (Å²) in [6.45, 7) is 8.43. The molecule has 0 radical (unpaired) electrons. The quantitative estimate of drug-likeness (QED) is 0.648. The van der Waals surface area contributed by atoms with Crippen LogP contribution in [0.2, 0.25) is 0 Å². The van der Waals surface area contributed by atoms with E-state index in [-0.39, 0.29) is 19.4 Å². The van der Waals surface area contributed by atoms with E-state index in [9.17, 15) is 14.5 Å². The maximum atomic E-state index is 12.2. The van der Waals surface area contributed by atoms with Gasteiger partial charge in [0, 0.05) is 13.1 Å². The first-order chi connectivity index (χ1) is 8.44. The molecule has 108 valence electrons. The third kappa shape index (κ3) is 5.48. The molecule has 0 aliphatic rings. The van der Waals surface area contributed by atoms with Gasteiger partial charge in [0.25, 0.3) is 5.91 Å². The first-order valence-electron chi connectivity index (χ1n) is 6.29. The second-order valence-electron chi connectivity index (χ2n) is 3.66. The van der Waals surface area contributed by atoms with Crippen molar-refractivity contribution in [2.45, 2.75) is 33.8 Å². The average molecular weight is 281 g/mol. The number of carbonyl (C=O) groups excluding carboxylic acids is 1. The van der Waals surface area contributed by atoms with Gasteiger partial charge in [-0.15, -0.1) is 0 Å². The first kappa shape index (κ1) is 17.6. The predicted octanol–water partition coefficient (Wildman–Crippen LogP) is 1.48. The van der Waals surface area contributed by atoms with Crippen molar-refractivity contribution < 1.29 is 23.5 Å². The molecular formula is C11H24NO5P. The summed E-state index contributed by atoms with van der Waals surface area (Å²) in [5.74, 6) is -0.445. The van der Waals surface area contributed by atoms with E-state index in [1.165, 1.54) is 4.90 Å². The summed E-state index contributed by atoms with van der Waals surface area (Å²) in [6.07, 6.45) is -1.65. The van der Waals surface area contributed by atoms with Crippen LogP contribution < -0.4 is 0 Å². The van der Waals surface area contributed by atoms with Gasteiger partial charge in [0.2, 0.25) is 0 Å². The Bertz CT molecular complexity index is 283. The van der Waals surface area contributed by atoms with Crippen LogP contribution in [0.15, 0.2) is 0 Å². The van der Waals surface area contributed by atoms with E-state index in [1.807, 2.05) is 13.8 Å². The monoisotopic (exact) mass is 281 g/mol. The Balaban J connectivity index is 4.63. The van der Waals surface area contributed by atoms with E-state index >= 15 is 0 Å². The fourth-order valence-corrected chi connectivity index (χ4v) is 3.22. The molecule has 0 aromatic heterocycles. The third-order valence-corrected chi connectivity index (χ3v) is 4.50. The van der Waals surface area contributed by atoms with Crippen molar-refractivity contribution in [3.63, 3.8) is 0 Å². The van der Waals surface area contributed by atoms with E-state index in [0.29, 0.717) is 13.1 Å². The summed E-state index contributed by atoms with van der Waals surface area (Å²) in [5, 5.41) is 9.82. The molecule has 0 aromatic carbocycles. The van der Waals surface area contributed by atoms with Crippen LogP contribution in [0.25, 0.3) is 0 Å². The summed E-state index contributed by atoms with van der Waals surface area (Å²) in [6, 6.07) is 0. The van der Waals surface area contributed by atoms with Gasteiger partial charge < -0.3 is 19.1 Å². The lowest BCUT2D eigenvalue weighted by atomic mass is 10.3. The standard InChI is InChI=1S/C11H24NO5P/c1-5-12(6-2)11(14)10(13)9-18(15,16-7-3)17-8-4/h10,13H,5-9H2,1-4H3. The number of hydrogen-bond acceptors (Lipinski definition) is 5. The average Bonchev–Trinajstić information content (AvgIpc) is 2.30. The van der Waals surface area contributed by atoms with Crippen LogP contribution in [0.4, 0.5) is 0 Å². The maximum Gasteiger partial charge on any atom is 0.333 e. The Morgan fingerprint density at radius 2 is 1.61 bits per heavy atom. The minimum Gasteiger partial charge on any atom is -0.383 e. The Morgan fingerprint density at radius 1 is 1.17 bits per heavy atom. The van der Waals surface area contributed by atoms with Crippen molar-refractivity contribution in [2.24, 2.45) is 0 Å². The molecule has 0 heterocycles. The second kappa shape index (κ2) is 8.64. The van der Waals surface area contributed by atoms with Crippen molar-refractivity contribution in [1.82, 2.24) is 4.90 Å². The van der Waals surface area contributed by atoms with Crippen LogP contribution in [0.5, 0.6) is 0 Å². The first-order valence-corrected chi connectivity index (χ1v) is 8.01. The van der Waals surface area contributed by atoms with Gasteiger partial charge in [-0.2, -0.15) is 0 Å². The van der Waals surface area contributed by atoms with Crippen molar-refractivity contribution in [3.05, 3.63) is 0 Å². The molecule has 1 N–H and O–H groups in total. The van der Waals surface area contributed by atoms with Crippen LogP contribution in [0.3, 0.4) is 0 Å². The lowest BCUT2D eigenvalue weighted by molar-refractivity contribution is -0.138. The molecule has 1 amide bonds. The van der Waals surface area contributed by atoms with Crippen LogP contribution in [0, 0.1) is 0 Å². The highest BCUT2D eigenvalue weighted by molar-refractivity contribution is 7.53. The lowest BCUT2D eigenvalue weighted by Gasteiger charge is -2.24. The van der Waals surface area contributed by atoms with Gasteiger partial charge in [0.1, 0.15) is 6.10 Å². The maximum absolute atomic E-state index is 12.2. The summed E-state index contributed by atoms with van der Waals surface area (Å²) < 4.78 is 22.2. The molecule has 0 aromatic rings. The van der Waals surface area contributed by atoms with Crippen molar-refractivity contribution >= 4 is 13.5 Å². The predicted molar refractivity (Wildman–Crippen MR) is 69.7 cm³/mol. The third-order valence-electron chi connectivity index (χ3n) is 2.41. The van der Waals surface area contributed by atoms with Gasteiger partial charge >= 0.3 is 7.60 Å². The highest BCUT2D eigenvalue weighted by Crippen LogP contribution is 2.48. The number of nitrogens with zero attached hydrogens (tertiary/aromatic N) is 1. The number of carbonyl (C=O) groups is 1. The van der Waals surface area contributed by atoms with Gasteiger partial charge in [-0.3, -0.25) is 9.36 Å². The molecule has 0 fully saturated rings. The molecule has 0 spiro atoms. The molecule has 6 nitrogen and oxygen atoms in total. The number of likely N-dealkylation sites (N-methyl/N-ethyl adjacent to an activating group) is 1. The van der Waals surface area contributed by atoms with E-state index in [4.69, 9.17) is 9.05 Å². The molecule has 0 aliphatic carbocycles. The fraction of sp³-hybridized carbons (Fsp3) is 0.909. The number of hydrogen-bond donors (Lipinski definition) is 1. The molecule has 1 atom stereocenters. The molecule has 0 bridgehead atoms. The van der Waals surface area contributed by atoms with Crippen molar-refractivity contribution in [3.8, 4) is 0 Å². The number of aliphatic hydroxyl groups is 1. The SMILES string of the molecule is CCOP(=O)(CC(O)C(=O)N(CC)CC)OCC. The van der Waals surface area contributed by atoms with Crippen LogP contribution >= 0.6 is 7.60 Å². The summed E-state index contributed by atoms with van der Waals surface area (Å²) in [7, 11) is -3.39. The number of rotatable bonds is 9. The molecular weight excluding hydrogens is 257 g/mol. The van der Waals surface area contributed by atoms with Gasteiger partial charge in [0.05, 0.1) is 19.4 Å². The van der Waals surface area contributed by atoms with E-state index in [2.05, 4.69) is 0 Å². The Kier molecular flexibility index (Phi) is 8.44. The summed E-state index contributed by atoms with van der Waals surface area (Å²) >= 11 is 0. The Morgan fingerprint density at radius 3 is 1.94 bits per heavy atom. The van der Waals surface area contributed by atoms with Crippen molar-refractivity contribution in [2.75, 3.05) is 32.5 Å². The summed E-state index contributed by atoms with van der Waals surface area (Å²) in [5.41, 5.74) is 0. The normalized spacial score (nSPS) is 13.4. The highest BCUT2D eigenvalue weighted by atomic mass is 31.2. The van der Waals surface area contributed by atoms with Gasteiger partial charge in [-0.1, -0.05) is 0 Å². The van der Waals surface area contributed by atoms with Crippen LogP contribution in [-0.4, -0.2) is 54.5 Å². The zero-order valence-corrected chi connectivity index (χ0v) is 12.5. The molecule has 1 unspecified atom stereocenters. The highest BCUT2D eigenvalue weighted by Gasteiger charge is 2.32. The Labute approximate surface area is 109 Å². The van der Waals surface area contributed by atoms with E-state index in [1.54, 1.807) is 13.8 Å². The zero-order chi connectivity index (χ0) is 14.2. The summed E-state index contributed by atoms with van der Waals surface area (Å²) in [4.78, 5) is 13.3. The molecule has 0 saturated carbocycles. The van der Waals surface area contributed by atoms with E-state index in [0.717, 1.165) is 0 Å². The molecule has 7 heteroatoms. The zero-order valence-electron chi connectivity index (χ0n) is 11.6. The topological polar surface area (TPSA) is 76.1 Å². The second-order valence-corrected chi connectivity index (χ2v) is 5.76. The molecule has 0 aliphatic heterocycles. The largest absolute Gasteiger partial charge is 0.383 e. The van der Waals surface area contributed by atoms with Crippen LogP contribution in [-0.2, 0) is 18.4 Å². The Hall–Kier alpha value is -0.420. The van der Waals surface area contributed by atoms with Gasteiger partial charge in [-0.25, -0.2) is 0 Å². The number of amides is 1. The fourth-order valence-electron chi connectivity index (χ4n) is 1.57. The van der Waals surface area contributed by atoms with Crippen LogP contribution in [0.1, 0.15) is 27.7 Å². The van der Waals surface area contributed by atoms with Gasteiger partial charge in [-0.05, 0) is 27.7 Å². The lowest BCUT2D eigenvalue weighted by Crippen LogP contribution is -2.40. The minimum atomic E-state index is -3.39. The van der Waals surface area contributed by atoms with E-state index < -0.39 is 19.6 Å². The smallest absolute Gasteiger partial charge is 0.333 e. The molecule has 0 rings (SSSR count). The minimum absolute atomic E-state index is 0.212.